The topological polar surface area (TPSA) is 44.8 Å². The van der Waals surface area contributed by atoms with Gasteiger partial charge >= 0.3 is 0 Å². The van der Waals surface area contributed by atoms with Gasteiger partial charge in [0, 0.05) is 39.8 Å². The molecule has 5 nitrogen and oxygen atoms in total. The lowest BCUT2D eigenvalue weighted by atomic mass is 9.94. The summed E-state index contributed by atoms with van der Waals surface area (Å²) in [7, 11) is 1.70. The van der Waals surface area contributed by atoms with Crippen LogP contribution in [0.15, 0.2) is 23.8 Å². The minimum Gasteiger partial charge on any atom is -0.371 e. The normalized spacial score (nSPS) is 25.5. The number of nitrogens with zero attached hydrogens (tertiary/aromatic N) is 2. The number of allylic oxidation sites excluding steroid dienone is 2. The first-order valence-corrected chi connectivity index (χ1v) is 9.16. The molecular formula is C19H33N3O2. The van der Waals surface area contributed by atoms with E-state index in [0.29, 0.717) is 6.54 Å². The number of unbranched alkanes of at least 4 members (excludes halogenated alkanes) is 1. The van der Waals surface area contributed by atoms with Gasteiger partial charge < -0.3 is 15.0 Å². The third-order valence-corrected chi connectivity index (χ3v) is 4.94. The van der Waals surface area contributed by atoms with Crippen LogP contribution in [0.1, 0.15) is 33.1 Å². The molecule has 1 heterocycles. The molecule has 136 valence electrons. The van der Waals surface area contributed by atoms with Crippen LogP contribution in [0.25, 0.3) is 0 Å². The average Bonchev–Trinajstić information content (AvgIpc) is 2.59. The van der Waals surface area contributed by atoms with Gasteiger partial charge in [-0.1, -0.05) is 23.8 Å². The van der Waals surface area contributed by atoms with Crippen molar-refractivity contribution >= 4 is 5.91 Å². The number of hydrogen-bond acceptors (Lipinski definition) is 4. The van der Waals surface area contributed by atoms with Crippen molar-refractivity contribution in [2.45, 2.75) is 38.7 Å². The van der Waals surface area contributed by atoms with E-state index in [1.807, 2.05) is 0 Å². The predicted octanol–water partition coefficient (Wildman–Crippen LogP) is 1.81. The second-order valence-corrected chi connectivity index (χ2v) is 7.14. The Kier molecular flexibility index (Phi) is 7.46. The van der Waals surface area contributed by atoms with Crippen LogP contribution in [0.3, 0.4) is 0 Å². The van der Waals surface area contributed by atoms with Crippen molar-refractivity contribution in [2.24, 2.45) is 0 Å². The Hall–Kier alpha value is -1.17. The van der Waals surface area contributed by atoms with Crippen LogP contribution in [0.2, 0.25) is 0 Å². The Morgan fingerprint density at radius 2 is 1.96 bits per heavy atom. The maximum absolute atomic E-state index is 11.4. The van der Waals surface area contributed by atoms with Crippen molar-refractivity contribution in [2.75, 3.05) is 52.9 Å². The van der Waals surface area contributed by atoms with E-state index in [0.717, 1.165) is 52.2 Å². The summed E-state index contributed by atoms with van der Waals surface area (Å²) in [5.74, 6) is 0.107. The monoisotopic (exact) mass is 335 g/mol. The van der Waals surface area contributed by atoms with Gasteiger partial charge in [-0.05, 0) is 39.7 Å². The van der Waals surface area contributed by atoms with Crippen LogP contribution in [-0.4, -0.2) is 74.2 Å². The molecule has 0 bridgehead atoms. The summed E-state index contributed by atoms with van der Waals surface area (Å²) in [5.41, 5.74) is 1.21. The number of carbonyl (C=O) groups is 1. The molecule has 0 aromatic heterocycles. The largest absolute Gasteiger partial charge is 0.371 e. The van der Waals surface area contributed by atoms with Crippen molar-refractivity contribution < 1.29 is 9.53 Å². The first-order valence-electron chi connectivity index (χ1n) is 9.16. The Balaban J connectivity index is 1.53. The Morgan fingerprint density at radius 1 is 1.25 bits per heavy atom. The van der Waals surface area contributed by atoms with Gasteiger partial charge in [-0.15, -0.1) is 0 Å². The fourth-order valence-corrected chi connectivity index (χ4v) is 3.11. The molecule has 1 fully saturated rings. The van der Waals surface area contributed by atoms with E-state index in [2.05, 4.69) is 47.2 Å². The lowest BCUT2D eigenvalue weighted by molar-refractivity contribution is -0.122. The van der Waals surface area contributed by atoms with Crippen LogP contribution in [0, 0.1) is 0 Å². The number of piperazine rings is 1. The van der Waals surface area contributed by atoms with Crippen LogP contribution in [0.4, 0.5) is 0 Å². The molecule has 1 aliphatic carbocycles. The van der Waals surface area contributed by atoms with Crippen molar-refractivity contribution in [3.05, 3.63) is 23.8 Å². The number of ether oxygens (including phenoxy) is 1. The molecule has 0 radical (unpaired) electrons. The molecule has 5 heteroatoms. The number of nitrogens with one attached hydrogen (secondary N) is 1. The molecule has 1 aliphatic heterocycles. The second-order valence-electron chi connectivity index (χ2n) is 7.14. The summed E-state index contributed by atoms with van der Waals surface area (Å²) < 4.78 is 6.08. The first-order chi connectivity index (χ1) is 11.5. The van der Waals surface area contributed by atoms with Gasteiger partial charge in [0.05, 0.1) is 12.1 Å². The molecule has 0 spiro atoms. The highest BCUT2D eigenvalue weighted by molar-refractivity contribution is 5.77. The van der Waals surface area contributed by atoms with Gasteiger partial charge in [0.25, 0.3) is 0 Å². The van der Waals surface area contributed by atoms with Crippen molar-refractivity contribution in [1.29, 1.82) is 0 Å². The summed E-state index contributed by atoms with van der Waals surface area (Å²) in [6.07, 6.45) is 9.84. The molecule has 1 atom stereocenters. The molecule has 0 aromatic rings. The fourth-order valence-electron chi connectivity index (χ4n) is 3.11. The van der Waals surface area contributed by atoms with Crippen molar-refractivity contribution in [1.82, 2.24) is 15.1 Å². The Bertz CT molecular complexity index is 467. The number of likely N-dealkylation sites (N-methyl/N-ethyl adjacent to an activating group) is 1. The smallest absolute Gasteiger partial charge is 0.233 e. The predicted molar refractivity (Wildman–Crippen MR) is 98.1 cm³/mol. The molecule has 2 aliphatic rings. The summed E-state index contributed by atoms with van der Waals surface area (Å²) in [6, 6.07) is 0. The zero-order chi connectivity index (χ0) is 17.4. The SMILES string of the molecule is CNC(=O)CN1CCN(CCCCOC2(C)C=CC(C)=CC2)CC1. The number of hydrogen-bond donors (Lipinski definition) is 1. The molecule has 1 N–H and O–H groups in total. The van der Waals surface area contributed by atoms with Gasteiger partial charge in [0.15, 0.2) is 0 Å². The van der Waals surface area contributed by atoms with E-state index in [1.165, 1.54) is 12.0 Å². The fraction of sp³-hybridized carbons (Fsp3) is 0.737. The Labute approximate surface area is 146 Å². The third kappa shape index (κ3) is 6.38. The Morgan fingerprint density at radius 3 is 2.58 bits per heavy atom. The second kappa shape index (κ2) is 9.35. The van der Waals surface area contributed by atoms with Gasteiger partial charge in [0.2, 0.25) is 5.91 Å². The summed E-state index contributed by atoms with van der Waals surface area (Å²) in [5, 5.41) is 2.69. The molecule has 1 saturated heterocycles. The van der Waals surface area contributed by atoms with Gasteiger partial charge in [-0.2, -0.15) is 0 Å². The van der Waals surface area contributed by atoms with Crippen LogP contribution in [0.5, 0.6) is 0 Å². The number of amides is 1. The molecule has 24 heavy (non-hydrogen) atoms. The average molecular weight is 335 g/mol. The van der Waals surface area contributed by atoms with E-state index >= 15 is 0 Å². The van der Waals surface area contributed by atoms with Crippen LogP contribution >= 0.6 is 0 Å². The lowest BCUT2D eigenvalue weighted by Gasteiger charge is -2.34. The summed E-state index contributed by atoms with van der Waals surface area (Å²) in [6.45, 7) is 10.9. The van der Waals surface area contributed by atoms with Crippen LogP contribution in [-0.2, 0) is 9.53 Å². The molecule has 2 rings (SSSR count). The lowest BCUT2D eigenvalue weighted by Crippen LogP contribution is -2.49. The van der Waals surface area contributed by atoms with Crippen molar-refractivity contribution in [3.8, 4) is 0 Å². The van der Waals surface area contributed by atoms with Gasteiger partial charge in [0.1, 0.15) is 0 Å². The quantitative estimate of drug-likeness (QED) is 0.687. The molecule has 0 aromatic carbocycles. The molecular weight excluding hydrogens is 302 g/mol. The van der Waals surface area contributed by atoms with Crippen LogP contribution < -0.4 is 5.32 Å². The minimum atomic E-state index is -0.120. The molecule has 1 unspecified atom stereocenters. The highest BCUT2D eigenvalue weighted by Gasteiger charge is 2.22. The molecule has 0 saturated carbocycles. The zero-order valence-corrected chi connectivity index (χ0v) is 15.5. The number of carbonyl (C=O) groups excluding carboxylic acids is 1. The van der Waals surface area contributed by atoms with E-state index in [1.54, 1.807) is 7.05 Å². The van der Waals surface area contributed by atoms with E-state index in [-0.39, 0.29) is 11.5 Å². The zero-order valence-electron chi connectivity index (χ0n) is 15.5. The third-order valence-electron chi connectivity index (χ3n) is 4.94. The minimum absolute atomic E-state index is 0.107. The number of rotatable bonds is 8. The van der Waals surface area contributed by atoms with Gasteiger partial charge in [-0.25, -0.2) is 0 Å². The first kappa shape index (κ1) is 19.2. The standard InChI is InChI=1S/C19H33N3O2/c1-17-6-8-19(2,9-7-17)24-15-5-4-10-21-11-13-22(14-12-21)16-18(23)20-3/h6-8H,4-5,9-16H2,1-3H3,(H,20,23). The molecule has 1 amide bonds. The van der Waals surface area contributed by atoms with E-state index < -0.39 is 0 Å². The van der Waals surface area contributed by atoms with Gasteiger partial charge in [-0.3, -0.25) is 9.69 Å². The van der Waals surface area contributed by atoms with E-state index in [4.69, 9.17) is 4.74 Å². The highest BCUT2D eigenvalue weighted by Crippen LogP contribution is 2.24. The maximum Gasteiger partial charge on any atom is 0.233 e. The highest BCUT2D eigenvalue weighted by atomic mass is 16.5. The maximum atomic E-state index is 11.4. The van der Waals surface area contributed by atoms with Crippen molar-refractivity contribution in [3.63, 3.8) is 0 Å². The summed E-state index contributed by atoms with van der Waals surface area (Å²) in [4.78, 5) is 16.1. The summed E-state index contributed by atoms with van der Waals surface area (Å²) >= 11 is 0. The van der Waals surface area contributed by atoms with E-state index in [9.17, 15) is 4.79 Å².